The van der Waals surface area contributed by atoms with Gasteiger partial charge >= 0.3 is 0 Å². The van der Waals surface area contributed by atoms with Gasteiger partial charge in [-0.25, -0.2) is 0 Å². The van der Waals surface area contributed by atoms with Crippen LogP contribution in [0.1, 0.15) is 41.5 Å². The highest BCUT2D eigenvalue weighted by molar-refractivity contribution is 5.58. The number of aliphatic hydroxyl groups is 2. The lowest BCUT2D eigenvalue weighted by Crippen LogP contribution is -2.35. The summed E-state index contributed by atoms with van der Waals surface area (Å²) in [5.41, 5.74) is 2.91. The summed E-state index contributed by atoms with van der Waals surface area (Å²) in [6.45, 7) is 11.8. The van der Waals surface area contributed by atoms with E-state index < -0.39 is 11.2 Å². The van der Waals surface area contributed by atoms with Crippen LogP contribution in [0.15, 0.2) is 22.3 Å². The normalized spacial score (nSPS) is 48.0. The molecule has 2 rings (SSSR count). The lowest BCUT2D eigenvalue weighted by molar-refractivity contribution is 0.0526. The molecule has 2 heteroatoms. The summed E-state index contributed by atoms with van der Waals surface area (Å²) in [7, 11) is 0. The van der Waals surface area contributed by atoms with E-state index in [1.165, 1.54) is 11.1 Å². The minimum atomic E-state index is -0.753. The Balaban J connectivity index is 2.69. The van der Waals surface area contributed by atoms with E-state index in [0.29, 0.717) is 0 Å². The maximum absolute atomic E-state index is 10.5. The molecule has 0 aromatic rings. The molecule has 0 fully saturated rings. The first-order valence-electron chi connectivity index (χ1n) is 6.01. The maximum Gasteiger partial charge on any atom is 0.0897 e. The molecule has 16 heavy (non-hydrogen) atoms. The van der Waals surface area contributed by atoms with Crippen molar-refractivity contribution in [2.24, 2.45) is 11.8 Å². The van der Waals surface area contributed by atoms with E-state index in [4.69, 9.17) is 0 Å². The first-order chi connectivity index (χ1) is 7.13. The summed E-state index contributed by atoms with van der Waals surface area (Å²) in [6, 6.07) is 0. The van der Waals surface area contributed by atoms with Crippen molar-refractivity contribution in [2.45, 2.75) is 52.7 Å². The summed E-state index contributed by atoms with van der Waals surface area (Å²) in [5.74, 6) is 0.165. The first-order valence-corrected chi connectivity index (χ1v) is 6.01. The second-order valence-corrected chi connectivity index (χ2v) is 5.82. The molecule has 0 amide bonds. The zero-order valence-electron chi connectivity index (χ0n) is 11.0. The first kappa shape index (κ1) is 11.9. The molecule has 2 aliphatic rings. The van der Waals surface area contributed by atoms with E-state index in [2.05, 4.69) is 0 Å². The Morgan fingerprint density at radius 3 is 1.31 bits per heavy atom. The van der Waals surface area contributed by atoms with Gasteiger partial charge in [0.1, 0.15) is 0 Å². The summed E-state index contributed by atoms with van der Waals surface area (Å²) in [6.07, 6.45) is 0. The average Bonchev–Trinajstić information content (AvgIpc) is 2.46. The van der Waals surface area contributed by atoms with Crippen molar-refractivity contribution in [3.8, 4) is 0 Å². The molecule has 0 saturated heterocycles. The minimum absolute atomic E-state index is 0.0823. The van der Waals surface area contributed by atoms with E-state index in [0.717, 1.165) is 11.1 Å². The number of hydrogen-bond acceptors (Lipinski definition) is 2. The maximum atomic E-state index is 10.5. The fraction of sp³-hybridized carbons (Fsp3) is 0.714. The second-order valence-electron chi connectivity index (χ2n) is 5.82. The number of fused-ring (bicyclic) bond motifs is 1. The molecule has 0 saturated carbocycles. The molecule has 0 heterocycles. The van der Waals surface area contributed by atoms with Crippen LogP contribution in [0.25, 0.3) is 0 Å². The molecule has 2 nitrogen and oxygen atoms in total. The van der Waals surface area contributed by atoms with E-state index in [1.54, 1.807) is 0 Å². The predicted molar refractivity (Wildman–Crippen MR) is 65.0 cm³/mol. The van der Waals surface area contributed by atoms with Gasteiger partial charge < -0.3 is 10.2 Å². The fourth-order valence-electron chi connectivity index (χ4n) is 3.28. The third-order valence-corrected chi connectivity index (χ3v) is 5.17. The van der Waals surface area contributed by atoms with Crippen LogP contribution in [-0.4, -0.2) is 21.4 Å². The summed E-state index contributed by atoms with van der Waals surface area (Å²) in [4.78, 5) is 0. The van der Waals surface area contributed by atoms with Crippen LogP contribution in [-0.2, 0) is 0 Å². The van der Waals surface area contributed by atoms with Crippen molar-refractivity contribution >= 4 is 0 Å². The fourth-order valence-corrected chi connectivity index (χ4v) is 3.28. The highest BCUT2D eigenvalue weighted by Gasteiger charge is 2.53. The highest BCUT2D eigenvalue weighted by atomic mass is 16.3. The van der Waals surface area contributed by atoms with Gasteiger partial charge in [0.25, 0.3) is 0 Å². The molecular weight excluding hydrogens is 200 g/mol. The zero-order valence-corrected chi connectivity index (χ0v) is 11.0. The monoisotopic (exact) mass is 222 g/mol. The largest absolute Gasteiger partial charge is 0.385 e. The quantitative estimate of drug-likeness (QED) is 0.661. The van der Waals surface area contributed by atoms with Gasteiger partial charge in [-0.05, 0) is 50.0 Å². The van der Waals surface area contributed by atoms with E-state index in [9.17, 15) is 10.2 Å². The van der Waals surface area contributed by atoms with Crippen molar-refractivity contribution in [1.82, 2.24) is 0 Å². The molecule has 90 valence electrons. The molecule has 0 radical (unpaired) electrons. The molecule has 4 atom stereocenters. The van der Waals surface area contributed by atoms with E-state index in [-0.39, 0.29) is 11.8 Å². The average molecular weight is 222 g/mol. The summed E-state index contributed by atoms with van der Waals surface area (Å²) < 4.78 is 0. The molecule has 2 N–H and O–H groups in total. The molecule has 2 aliphatic carbocycles. The molecule has 0 aromatic carbocycles. The third-order valence-electron chi connectivity index (χ3n) is 5.17. The van der Waals surface area contributed by atoms with Crippen molar-refractivity contribution in [3.63, 3.8) is 0 Å². The molecule has 0 spiro atoms. The summed E-state index contributed by atoms with van der Waals surface area (Å²) in [5, 5.41) is 20.9. The number of hydrogen-bond donors (Lipinski definition) is 2. The van der Waals surface area contributed by atoms with Crippen molar-refractivity contribution in [3.05, 3.63) is 22.3 Å². The zero-order chi connectivity index (χ0) is 12.5. The Morgan fingerprint density at radius 2 is 1.06 bits per heavy atom. The van der Waals surface area contributed by atoms with Gasteiger partial charge in [0.2, 0.25) is 0 Å². The Labute approximate surface area is 97.7 Å². The van der Waals surface area contributed by atoms with Crippen molar-refractivity contribution in [1.29, 1.82) is 0 Å². The molecule has 0 aromatic heterocycles. The van der Waals surface area contributed by atoms with E-state index >= 15 is 0 Å². The van der Waals surface area contributed by atoms with Gasteiger partial charge in [0.15, 0.2) is 0 Å². The Kier molecular flexibility index (Phi) is 2.22. The smallest absolute Gasteiger partial charge is 0.0897 e. The van der Waals surface area contributed by atoms with Crippen LogP contribution in [0.3, 0.4) is 0 Å². The van der Waals surface area contributed by atoms with Crippen LogP contribution >= 0.6 is 0 Å². The topological polar surface area (TPSA) is 40.5 Å². The lowest BCUT2D eigenvalue weighted by Gasteiger charge is -2.30. The van der Waals surface area contributed by atoms with Crippen molar-refractivity contribution < 1.29 is 10.2 Å². The van der Waals surface area contributed by atoms with Gasteiger partial charge in [-0.3, -0.25) is 0 Å². The van der Waals surface area contributed by atoms with Gasteiger partial charge in [-0.1, -0.05) is 13.8 Å². The molecule has 0 bridgehead atoms. The van der Waals surface area contributed by atoms with Crippen LogP contribution in [0.4, 0.5) is 0 Å². The SMILES string of the molecule is CC1=C2C(=C(C)C(C)(O)C2C)C(C)C1(C)O. The standard InChI is InChI=1S/C14H22O2/c1-7-11-8(2)14(6,16)10(4)12(11)9(3)13(7,5)15/h7,10,15-16H,1-6H3. The summed E-state index contributed by atoms with van der Waals surface area (Å²) >= 11 is 0. The van der Waals surface area contributed by atoms with Gasteiger partial charge in [0.05, 0.1) is 11.2 Å². The Morgan fingerprint density at radius 1 is 0.812 bits per heavy atom. The van der Waals surface area contributed by atoms with Gasteiger partial charge in [-0.2, -0.15) is 0 Å². The van der Waals surface area contributed by atoms with Gasteiger partial charge in [0, 0.05) is 11.8 Å². The third kappa shape index (κ3) is 1.09. The Bertz CT molecular complexity index is 370. The second kappa shape index (κ2) is 2.99. The van der Waals surface area contributed by atoms with E-state index in [1.807, 2.05) is 41.5 Å². The molecule has 0 aliphatic heterocycles. The van der Waals surface area contributed by atoms with Crippen molar-refractivity contribution in [2.75, 3.05) is 0 Å². The Hall–Kier alpha value is -0.600. The lowest BCUT2D eigenvalue weighted by atomic mass is 9.82. The molecular formula is C14H22O2. The molecule has 4 unspecified atom stereocenters. The predicted octanol–water partition coefficient (Wildman–Crippen LogP) is 2.42. The van der Waals surface area contributed by atoms with Crippen LogP contribution < -0.4 is 0 Å². The van der Waals surface area contributed by atoms with Crippen LogP contribution in [0.5, 0.6) is 0 Å². The number of rotatable bonds is 0. The van der Waals surface area contributed by atoms with Gasteiger partial charge in [-0.15, -0.1) is 0 Å². The van der Waals surface area contributed by atoms with Crippen LogP contribution in [0, 0.1) is 11.8 Å². The highest BCUT2D eigenvalue weighted by Crippen LogP contribution is 2.56. The van der Waals surface area contributed by atoms with Crippen LogP contribution in [0.2, 0.25) is 0 Å². The minimum Gasteiger partial charge on any atom is -0.385 e.